The van der Waals surface area contributed by atoms with Gasteiger partial charge in [-0.05, 0) is 31.0 Å². The molecule has 0 amide bonds. The molecule has 15 heavy (non-hydrogen) atoms. The summed E-state index contributed by atoms with van der Waals surface area (Å²) in [7, 11) is 2.09. The third-order valence-electron chi connectivity index (χ3n) is 2.68. The molecule has 1 aromatic rings. The van der Waals surface area contributed by atoms with Gasteiger partial charge in [-0.25, -0.2) is 0 Å². The van der Waals surface area contributed by atoms with Crippen molar-refractivity contribution in [1.82, 2.24) is 0 Å². The quantitative estimate of drug-likeness (QED) is 0.795. The molecule has 2 N–H and O–H groups in total. The van der Waals surface area contributed by atoms with Gasteiger partial charge in [-0.3, -0.25) is 0 Å². The van der Waals surface area contributed by atoms with E-state index in [1.165, 1.54) is 11.3 Å². The Bertz CT molecular complexity index is 349. The van der Waals surface area contributed by atoms with Gasteiger partial charge in [0.15, 0.2) is 0 Å². The topological polar surface area (TPSA) is 38.5 Å². The van der Waals surface area contributed by atoms with Crippen LogP contribution in [0.5, 0.6) is 5.75 Å². The van der Waals surface area contributed by atoms with Gasteiger partial charge in [0, 0.05) is 13.1 Å². The number of ether oxygens (including phenoxy) is 1. The van der Waals surface area contributed by atoms with Gasteiger partial charge in [-0.15, -0.1) is 0 Å². The number of nitrogens with two attached hydrogens (primary N) is 1. The SMILES string of the molecule is CC(N)Cc1ccc2c(c1)OCCN2C. The van der Waals surface area contributed by atoms with Gasteiger partial charge < -0.3 is 15.4 Å². The van der Waals surface area contributed by atoms with Crippen molar-refractivity contribution in [2.45, 2.75) is 19.4 Å². The van der Waals surface area contributed by atoms with Crippen molar-refractivity contribution in [3.05, 3.63) is 23.8 Å². The predicted molar refractivity (Wildman–Crippen MR) is 62.6 cm³/mol. The van der Waals surface area contributed by atoms with Crippen molar-refractivity contribution >= 4 is 5.69 Å². The van der Waals surface area contributed by atoms with E-state index in [0.29, 0.717) is 0 Å². The van der Waals surface area contributed by atoms with Crippen LogP contribution in [0.15, 0.2) is 18.2 Å². The zero-order valence-electron chi connectivity index (χ0n) is 9.36. The fraction of sp³-hybridized carbons (Fsp3) is 0.500. The highest BCUT2D eigenvalue weighted by Crippen LogP contribution is 2.31. The number of benzene rings is 1. The van der Waals surface area contributed by atoms with Crippen molar-refractivity contribution in [1.29, 1.82) is 0 Å². The maximum atomic E-state index is 5.78. The van der Waals surface area contributed by atoms with Gasteiger partial charge in [0.2, 0.25) is 0 Å². The lowest BCUT2D eigenvalue weighted by Crippen LogP contribution is -2.28. The fourth-order valence-electron chi connectivity index (χ4n) is 1.90. The molecule has 0 aliphatic carbocycles. The zero-order chi connectivity index (χ0) is 10.8. The molecule has 0 radical (unpaired) electrons. The van der Waals surface area contributed by atoms with E-state index in [-0.39, 0.29) is 6.04 Å². The van der Waals surface area contributed by atoms with Crippen molar-refractivity contribution in [2.24, 2.45) is 5.73 Å². The van der Waals surface area contributed by atoms with Crippen LogP contribution in [0.1, 0.15) is 12.5 Å². The van der Waals surface area contributed by atoms with Gasteiger partial charge in [0.1, 0.15) is 12.4 Å². The van der Waals surface area contributed by atoms with Crippen LogP contribution in [0.4, 0.5) is 5.69 Å². The Morgan fingerprint density at radius 2 is 2.33 bits per heavy atom. The Balaban J connectivity index is 2.25. The molecule has 1 aromatic carbocycles. The molecule has 0 fully saturated rings. The smallest absolute Gasteiger partial charge is 0.142 e. The maximum absolute atomic E-state index is 5.78. The van der Waals surface area contributed by atoms with Crippen LogP contribution >= 0.6 is 0 Å². The fourth-order valence-corrected chi connectivity index (χ4v) is 1.90. The Labute approximate surface area is 90.8 Å². The van der Waals surface area contributed by atoms with E-state index < -0.39 is 0 Å². The van der Waals surface area contributed by atoms with Crippen LogP contribution in [0.3, 0.4) is 0 Å². The second-order valence-electron chi connectivity index (χ2n) is 4.25. The lowest BCUT2D eigenvalue weighted by atomic mass is 10.1. The standard InChI is InChI=1S/C12H18N2O/c1-9(13)7-10-3-4-11-12(8-10)15-6-5-14(11)2/h3-4,8-9H,5-7,13H2,1-2H3. The minimum atomic E-state index is 0.198. The van der Waals surface area contributed by atoms with E-state index in [1.807, 2.05) is 6.92 Å². The molecule has 1 heterocycles. The van der Waals surface area contributed by atoms with Crippen molar-refractivity contribution < 1.29 is 4.74 Å². The van der Waals surface area contributed by atoms with Crippen LogP contribution in [0, 0.1) is 0 Å². The number of likely N-dealkylation sites (N-methyl/N-ethyl adjacent to an activating group) is 1. The van der Waals surface area contributed by atoms with Crippen molar-refractivity contribution in [3.63, 3.8) is 0 Å². The molecule has 1 atom stereocenters. The molecule has 0 saturated heterocycles. The molecule has 0 spiro atoms. The van der Waals surface area contributed by atoms with Crippen LogP contribution in [-0.4, -0.2) is 26.2 Å². The molecule has 2 rings (SSSR count). The van der Waals surface area contributed by atoms with E-state index >= 15 is 0 Å². The van der Waals surface area contributed by atoms with Gasteiger partial charge in [-0.2, -0.15) is 0 Å². The zero-order valence-corrected chi connectivity index (χ0v) is 9.36. The largest absolute Gasteiger partial charge is 0.490 e. The number of anilines is 1. The molecule has 3 heteroatoms. The highest BCUT2D eigenvalue weighted by molar-refractivity contribution is 5.60. The van der Waals surface area contributed by atoms with Crippen LogP contribution in [0.25, 0.3) is 0 Å². The molecule has 0 aromatic heterocycles. The highest BCUT2D eigenvalue weighted by Gasteiger charge is 2.14. The second kappa shape index (κ2) is 4.11. The van der Waals surface area contributed by atoms with Crippen molar-refractivity contribution in [2.75, 3.05) is 25.1 Å². The molecule has 3 nitrogen and oxygen atoms in total. The Kier molecular flexibility index (Phi) is 2.82. The van der Waals surface area contributed by atoms with E-state index in [9.17, 15) is 0 Å². The summed E-state index contributed by atoms with van der Waals surface area (Å²) in [6.45, 7) is 3.75. The third-order valence-corrected chi connectivity index (χ3v) is 2.68. The lowest BCUT2D eigenvalue weighted by molar-refractivity contribution is 0.311. The van der Waals surface area contributed by atoms with Gasteiger partial charge in [0.05, 0.1) is 12.2 Å². The molecule has 1 unspecified atom stereocenters. The summed E-state index contributed by atoms with van der Waals surface area (Å²) in [6.07, 6.45) is 0.903. The average molecular weight is 206 g/mol. The normalized spacial score (nSPS) is 16.9. The minimum Gasteiger partial charge on any atom is -0.490 e. The Morgan fingerprint density at radius 1 is 1.53 bits per heavy atom. The first-order chi connectivity index (χ1) is 7.16. The molecule has 1 aliphatic heterocycles. The Hall–Kier alpha value is -1.22. The minimum absolute atomic E-state index is 0.198. The van der Waals surface area contributed by atoms with E-state index in [4.69, 9.17) is 10.5 Å². The van der Waals surface area contributed by atoms with Crippen LogP contribution in [0.2, 0.25) is 0 Å². The lowest BCUT2D eigenvalue weighted by Gasteiger charge is -2.28. The summed E-state index contributed by atoms with van der Waals surface area (Å²) in [6, 6.07) is 6.55. The molecular formula is C12H18N2O. The predicted octanol–water partition coefficient (Wildman–Crippen LogP) is 1.40. The maximum Gasteiger partial charge on any atom is 0.142 e. The van der Waals surface area contributed by atoms with E-state index in [2.05, 4.69) is 30.1 Å². The summed E-state index contributed by atoms with van der Waals surface area (Å²) in [5.74, 6) is 0.988. The summed E-state index contributed by atoms with van der Waals surface area (Å²) in [4.78, 5) is 2.22. The molecular weight excluding hydrogens is 188 g/mol. The van der Waals surface area contributed by atoms with Gasteiger partial charge >= 0.3 is 0 Å². The third kappa shape index (κ3) is 2.23. The number of rotatable bonds is 2. The first kappa shape index (κ1) is 10.3. The molecule has 0 bridgehead atoms. The monoisotopic (exact) mass is 206 g/mol. The summed E-state index contributed by atoms with van der Waals surface area (Å²) in [5.41, 5.74) is 8.20. The first-order valence-corrected chi connectivity index (χ1v) is 5.39. The highest BCUT2D eigenvalue weighted by atomic mass is 16.5. The number of fused-ring (bicyclic) bond motifs is 1. The van der Waals surface area contributed by atoms with E-state index in [0.717, 1.165) is 25.3 Å². The van der Waals surface area contributed by atoms with Gasteiger partial charge in [0.25, 0.3) is 0 Å². The van der Waals surface area contributed by atoms with Crippen molar-refractivity contribution in [3.8, 4) is 5.75 Å². The first-order valence-electron chi connectivity index (χ1n) is 5.39. The van der Waals surface area contributed by atoms with Crippen LogP contribution < -0.4 is 15.4 Å². The average Bonchev–Trinajstić information content (AvgIpc) is 2.17. The molecule has 0 saturated carbocycles. The molecule has 82 valence electrons. The second-order valence-corrected chi connectivity index (χ2v) is 4.25. The number of nitrogens with zero attached hydrogens (tertiary/aromatic N) is 1. The summed E-state index contributed by atoms with van der Waals surface area (Å²) in [5, 5.41) is 0. The summed E-state index contributed by atoms with van der Waals surface area (Å²) >= 11 is 0. The number of hydrogen-bond donors (Lipinski definition) is 1. The Morgan fingerprint density at radius 3 is 3.07 bits per heavy atom. The number of hydrogen-bond acceptors (Lipinski definition) is 3. The summed E-state index contributed by atoms with van der Waals surface area (Å²) < 4.78 is 5.63. The van der Waals surface area contributed by atoms with E-state index in [1.54, 1.807) is 0 Å². The molecule has 1 aliphatic rings. The van der Waals surface area contributed by atoms with Crippen LogP contribution in [-0.2, 0) is 6.42 Å². The van der Waals surface area contributed by atoms with Gasteiger partial charge in [-0.1, -0.05) is 6.07 Å².